The predicted octanol–water partition coefficient (Wildman–Crippen LogP) is 5.58. The van der Waals surface area contributed by atoms with Crippen LogP contribution in [0, 0.1) is 5.92 Å². The topological polar surface area (TPSA) is 0 Å². The molecule has 1 atom stereocenters. The molecule has 132 valence electrons. The summed E-state index contributed by atoms with van der Waals surface area (Å²) >= 11 is 0. The van der Waals surface area contributed by atoms with Crippen molar-refractivity contribution in [1.29, 1.82) is 0 Å². The quantitative estimate of drug-likeness (QED) is 0.543. The first kappa shape index (κ1) is 16.1. The van der Waals surface area contributed by atoms with E-state index in [1.54, 1.807) is 5.56 Å². The van der Waals surface area contributed by atoms with Crippen molar-refractivity contribution in [2.75, 3.05) is 13.1 Å². The molecule has 0 amide bonds. The third kappa shape index (κ3) is 2.85. The van der Waals surface area contributed by atoms with Crippen LogP contribution in [0.4, 0.5) is 0 Å². The highest BCUT2D eigenvalue weighted by molar-refractivity contribution is 5.85. The fourth-order valence-electron chi connectivity index (χ4n) is 5.58. The minimum atomic E-state index is 0.772. The Balaban J connectivity index is 1.48. The fourth-order valence-corrected chi connectivity index (χ4v) is 5.58. The number of quaternary nitrogens is 1. The Morgan fingerprint density at radius 2 is 1.50 bits per heavy atom. The molecule has 0 radical (unpaired) electrons. The van der Waals surface area contributed by atoms with Crippen molar-refractivity contribution in [1.82, 2.24) is 0 Å². The smallest absolute Gasteiger partial charge is 0.105 e. The number of benzene rings is 3. The van der Waals surface area contributed by atoms with Crippen LogP contribution in [0.3, 0.4) is 0 Å². The van der Waals surface area contributed by atoms with Crippen LogP contribution in [0.2, 0.25) is 0 Å². The number of hydrogen-bond acceptors (Lipinski definition) is 0. The third-order valence-electron chi connectivity index (χ3n) is 7.02. The molecule has 0 spiro atoms. The molecule has 2 bridgehead atoms. The zero-order valence-electron chi connectivity index (χ0n) is 15.5. The standard InChI is InChI=1S/C25H28N/c1-2-7-21(8-3-1)19-26-15-13-20(14-16-26)17-24(26)18-23-11-6-10-22-9-4-5-12-25(22)23/h1-12,20,24H,13-19H2/q+1/t20?,24-,26?/m1/s1. The molecule has 0 aliphatic carbocycles. The molecule has 0 unspecified atom stereocenters. The summed E-state index contributed by atoms with van der Waals surface area (Å²) in [6, 6.07) is 27.7. The molecule has 0 N–H and O–H groups in total. The van der Waals surface area contributed by atoms with Gasteiger partial charge in [0.25, 0.3) is 0 Å². The lowest BCUT2D eigenvalue weighted by molar-refractivity contribution is -0.978. The van der Waals surface area contributed by atoms with Gasteiger partial charge in [0, 0.05) is 18.4 Å². The van der Waals surface area contributed by atoms with Crippen LogP contribution in [-0.4, -0.2) is 23.6 Å². The van der Waals surface area contributed by atoms with Crippen molar-refractivity contribution in [2.24, 2.45) is 5.92 Å². The Hall–Kier alpha value is -2.12. The molecule has 0 aromatic heterocycles. The van der Waals surface area contributed by atoms with Gasteiger partial charge in [0.05, 0.1) is 19.1 Å². The Kier molecular flexibility index (Phi) is 4.05. The van der Waals surface area contributed by atoms with Gasteiger partial charge in [0.2, 0.25) is 0 Å². The molecule has 1 nitrogen and oxygen atoms in total. The summed E-state index contributed by atoms with van der Waals surface area (Å²) in [6.07, 6.45) is 5.50. The monoisotopic (exact) mass is 342 g/mol. The second-order valence-corrected chi connectivity index (χ2v) is 8.48. The van der Waals surface area contributed by atoms with Crippen LogP contribution in [0.15, 0.2) is 72.8 Å². The second-order valence-electron chi connectivity index (χ2n) is 8.48. The average Bonchev–Trinajstić information content (AvgIpc) is 2.70. The summed E-state index contributed by atoms with van der Waals surface area (Å²) < 4.78 is 1.31. The number of piperidine rings is 3. The summed E-state index contributed by atoms with van der Waals surface area (Å²) in [5, 5.41) is 2.84. The predicted molar refractivity (Wildman–Crippen MR) is 109 cm³/mol. The van der Waals surface area contributed by atoms with E-state index < -0.39 is 0 Å². The third-order valence-corrected chi connectivity index (χ3v) is 7.02. The first-order chi connectivity index (χ1) is 12.8. The van der Waals surface area contributed by atoms with E-state index >= 15 is 0 Å². The Morgan fingerprint density at radius 1 is 0.769 bits per heavy atom. The minimum absolute atomic E-state index is 0.772. The van der Waals surface area contributed by atoms with Gasteiger partial charge in [-0.15, -0.1) is 0 Å². The summed E-state index contributed by atoms with van der Waals surface area (Å²) in [6.45, 7) is 3.95. The van der Waals surface area contributed by atoms with Crippen LogP contribution in [0.25, 0.3) is 10.8 Å². The van der Waals surface area contributed by atoms with Gasteiger partial charge in [-0.25, -0.2) is 0 Å². The summed E-state index contributed by atoms with van der Waals surface area (Å²) in [4.78, 5) is 0. The van der Waals surface area contributed by atoms with E-state index in [0.29, 0.717) is 0 Å². The van der Waals surface area contributed by atoms with Crippen molar-refractivity contribution < 1.29 is 4.48 Å². The lowest BCUT2D eigenvalue weighted by Gasteiger charge is -2.55. The van der Waals surface area contributed by atoms with Gasteiger partial charge in [-0.1, -0.05) is 72.8 Å². The largest absolute Gasteiger partial charge is 0.317 e. The number of rotatable bonds is 4. The van der Waals surface area contributed by atoms with Gasteiger partial charge in [-0.3, -0.25) is 0 Å². The van der Waals surface area contributed by atoms with Crippen molar-refractivity contribution in [3.8, 4) is 0 Å². The van der Waals surface area contributed by atoms with E-state index in [4.69, 9.17) is 0 Å². The zero-order chi connectivity index (χ0) is 17.4. The summed E-state index contributed by atoms with van der Waals surface area (Å²) in [5.74, 6) is 0.964. The number of fused-ring (bicyclic) bond motifs is 4. The first-order valence-electron chi connectivity index (χ1n) is 10.2. The van der Waals surface area contributed by atoms with Gasteiger partial charge < -0.3 is 4.48 Å². The maximum absolute atomic E-state index is 2.37. The van der Waals surface area contributed by atoms with Gasteiger partial charge in [0.1, 0.15) is 6.54 Å². The van der Waals surface area contributed by atoms with Crippen LogP contribution in [0.1, 0.15) is 30.4 Å². The Labute approximate surface area is 156 Å². The van der Waals surface area contributed by atoms with Crippen LogP contribution >= 0.6 is 0 Å². The van der Waals surface area contributed by atoms with E-state index in [9.17, 15) is 0 Å². The van der Waals surface area contributed by atoms with Crippen molar-refractivity contribution in [2.45, 2.75) is 38.3 Å². The van der Waals surface area contributed by atoms with E-state index in [1.807, 2.05) is 0 Å². The maximum Gasteiger partial charge on any atom is 0.105 e. The van der Waals surface area contributed by atoms with Gasteiger partial charge in [-0.2, -0.15) is 0 Å². The van der Waals surface area contributed by atoms with Crippen molar-refractivity contribution in [3.05, 3.63) is 83.9 Å². The molecule has 3 aliphatic rings. The molecular formula is C25H28N+. The maximum atomic E-state index is 2.37. The highest BCUT2D eigenvalue weighted by Crippen LogP contribution is 2.41. The first-order valence-corrected chi connectivity index (χ1v) is 10.2. The van der Waals surface area contributed by atoms with Crippen LogP contribution in [-0.2, 0) is 13.0 Å². The van der Waals surface area contributed by atoms with E-state index in [0.717, 1.165) is 12.0 Å². The average molecular weight is 343 g/mol. The highest BCUT2D eigenvalue weighted by Gasteiger charge is 2.47. The molecule has 3 saturated heterocycles. The Bertz CT molecular complexity index is 885. The second kappa shape index (κ2) is 6.55. The van der Waals surface area contributed by atoms with Crippen molar-refractivity contribution >= 4 is 10.8 Å². The van der Waals surface area contributed by atoms with Crippen LogP contribution in [0.5, 0.6) is 0 Å². The molecule has 26 heavy (non-hydrogen) atoms. The van der Waals surface area contributed by atoms with Gasteiger partial charge in [0.15, 0.2) is 0 Å². The lowest BCUT2D eigenvalue weighted by Crippen LogP contribution is -2.64. The lowest BCUT2D eigenvalue weighted by atomic mass is 9.77. The SMILES string of the molecule is c1ccc(C[N+]23CCC(CC2)C[C@@H]3Cc2cccc3ccccc23)cc1. The molecule has 0 saturated carbocycles. The Morgan fingerprint density at radius 3 is 2.35 bits per heavy atom. The molecule has 3 aromatic carbocycles. The van der Waals surface area contributed by atoms with E-state index in [1.165, 1.54) is 66.1 Å². The molecule has 3 fully saturated rings. The molecule has 6 rings (SSSR count). The van der Waals surface area contributed by atoms with Crippen molar-refractivity contribution in [3.63, 3.8) is 0 Å². The summed E-state index contributed by atoms with van der Waals surface area (Å²) in [5.41, 5.74) is 3.06. The van der Waals surface area contributed by atoms with E-state index in [2.05, 4.69) is 72.8 Å². The molecule has 1 heteroatoms. The van der Waals surface area contributed by atoms with Crippen LogP contribution < -0.4 is 0 Å². The van der Waals surface area contributed by atoms with Gasteiger partial charge >= 0.3 is 0 Å². The fraction of sp³-hybridized carbons (Fsp3) is 0.360. The molecule has 3 aliphatic heterocycles. The number of nitrogens with zero attached hydrogens (tertiary/aromatic N) is 1. The molecule has 3 aromatic rings. The minimum Gasteiger partial charge on any atom is -0.317 e. The van der Waals surface area contributed by atoms with E-state index in [-0.39, 0.29) is 0 Å². The highest BCUT2D eigenvalue weighted by atomic mass is 15.4. The summed E-state index contributed by atoms with van der Waals surface area (Å²) in [7, 11) is 0. The molecule has 3 heterocycles. The normalized spacial score (nSPS) is 27.7. The molecular weight excluding hydrogens is 314 g/mol. The van der Waals surface area contributed by atoms with Gasteiger partial charge in [-0.05, 0) is 35.1 Å². The number of hydrogen-bond donors (Lipinski definition) is 0. The zero-order valence-corrected chi connectivity index (χ0v) is 15.5.